The van der Waals surface area contributed by atoms with Crippen LogP contribution in [0.15, 0.2) is 24.3 Å². The number of alkyl halides is 3. The van der Waals surface area contributed by atoms with E-state index in [0.717, 1.165) is 18.5 Å². The zero-order valence-corrected chi connectivity index (χ0v) is 10.3. The van der Waals surface area contributed by atoms with E-state index in [-0.39, 0.29) is 5.69 Å². The summed E-state index contributed by atoms with van der Waals surface area (Å²) in [5, 5.41) is 4.91. The van der Waals surface area contributed by atoms with Crippen LogP contribution in [0.2, 0.25) is 0 Å². The molecule has 0 heterocycles. The van der Waals surface area contributed by atoms with Crippen LogP contribution < -0.4 is 16.4 Å². The van der Waals surface area contributed by atoms with Gasteiger partial charge in [0.15, 0.2) is 0 Å². The minimum atomic E-state index is -4.88. The van der Waals surface area contributed by atoms with Crippen molar-refractivity contribution < 1.29 is 18.0 Å². The van der Waals surface area contributed by atoms with E-state index in [0.29, 0.717) is 13.1 Å². The molecule has 0 aliphatic rings. The Morgan fingerprint density at radius 3 is 2.68 bits per heavy atom. The number of benzene rings is 1. The fourth-order valence-corrected chi connectivity index (χ4v) is 1.42. The SMILES string of the molecule is NCCCNCc1cccc(NC(=O)C(F)(F)F)c1. The van der Waals surface area contributed by atoms with Gasteiger partial charge in [-0.2, -0.15) is 13.2 Å². The zero-order chi connectivity index (χ0) is 14.3. The van der Waals surface area contributed by atoms with E-state index in [2.05, 4.69) is 5.32 Å². The van der Waals surface area contributed by atoms with Crippen molar-refractivity contribution in [1.82, 2.24) is 5.32 Å². The minimum absolute atomic E-state index is 0.125. The van der Waals surface area contributed by atoms with Crippen LogP contribution in [-0.2, 0) is 11.3 Å². The van der Waals surface area contributed by atoms with Crippen LogP contribution in [0.4, 0.5) is 18.9 Å². The van der Waals surface area contributed by atoms with Crippen molar-refractivity contribution in [3.63, 3.8) is 0 Å². The predicted molar refractivity (Wildman–Crippen MR) is 66.5 cm³/mol. The molecule has 0 saturated carbocycles. The molecule has 7 heteroatoms. The maximum Gasteiger partial charge on any atom is 0.471 e. The monoisotopic (exact) mass is 275 g/mol. The molecule has 0 atom stereocenters. The average Bonchev–Trinajstić information content (AvgIpc) is 2.34. The molecule has 0 spiro atoms. The van der Waals surface area contributed by atoms with Gasteiger partial charge in [-0.05, 0) is 37.2 Å². The first kappa shape index (κ1) is 15.5. The lowest BCUT2D eigenvalue weighted by atomic mass is 10.2. The maximum absolute atomic E-state index is 12.1. The summed E-state index contributed by atoms with van der Waals surface area (Å²) < 4.78 is 36.3. The predicted octanol–water partition coefficient (Wildman–Crippen LogP) is 1.63. The lowest BCUT2D eigenvalue weighted by Gasteiger charge is -2.09. The normalized spacial score (nSPS) is 11.4. The van der Waals surface area contributed by atoms with Crippen LogP contribution in [0.25, 0.3) is 0 Å². The second-order valence-corrected chi connectivity index (χ2v) is 3.97. The molecule has 0 bridgehead atoms. The number of halogens is 3. The van der Waals surface area contributed by atoms with Gasteiger partial charge in [0.1, 0.15) is 0 Å². The molecule has 1 aromatic rings. The second kappa shape index (κ2) is 7.10. The first-order chi connectivity index (χ1) is 8.93. The molecule has 0 aliphatic heterocycles. The Hall–Kier alpha value is -1.60. The van der Waals surface area contributed by atoms with Gasteiger partial charge in [0.25, 0.3) is 0 Å². The summed E-state index contributed by atoms with van der Waals surface area (Å²) >= 11 is 0. The highest BCUT2D eigenvalue weighted by atomic mass is 19.4. The molecule has 0 saturated heterocycles. The highest BCUT2D eigenvalue weighted by Gasteiger charge is 2.38. The average molecular weight is 275 g/mol. The third kappa shape index (κ3) is 5.71. The van der Waals surface area contributed by atoms with E-state index in [1.54, 1.807) is 12.1 Å². The molecule has 106 valence electrons. The van der Waals surface area contributed by atoms with Crippen molar-refractivity contribution in [2.75, 3.05) is 18.4 Å². The maximum atomic E-state index is 12.1. The summed E-state index contributed by atoms with van der Waals surface area (Å²) in [7, 11) is 0. The minimum Gasteiger partial charge on any atom is -0.330 e. The molecule has 1 aromatic carbocycles. The van der Waals surface area contributed by atoms with Crippen molar-refractivity contribution in [3.8, 4) is 0 Å². The molecular formula is C12H16F3N3O. The molecule has 19 heavy (non-hydrogen) atoms. The summed E-state index contributed by atoms with van der Waals surface area (Å²) in [4.78, 5) is 10.8. The Morgan fingerprint density at radius 1 is 1.32 bits per heavy atom. The number of carbonyl (C=O) groups is 1. The molecule has 1 rings (SSSR count). The number of hydrogen-bond acceptors (Lipinski definition) is 3. The van der Waals surface area contributed by atoms with Crippen LogP contribution >= 0.6 is 0 Å². The van der Waals surface area contributed by atoms with Gasteiger partial charge in [-0.1, -0.05) is 12.1 Å². The van der Waals surface area contributed by atoms with Crippen molar-refractivity contribution in [1.29, 1.82) is 0 Å². The molecule has 0 fully saturated rings. The fourth-order valence-electron chi connectivity index (χ4n) is 1.42. The summed E-state index contributed by atoms with van der Waals surface area (Å²) in [5.74, 6) is -1.97. The van der Waals surface area contributed by atoms with E-state index >= 15 is 0 Å². The fraction of sp³-hybridized carbons (Fsp3) is 0.417. The number of rotatable bonds is 6. The van der Waals surface area contributed by atoms with Crippen molar-refractivity contribution in [2.24, 2.45) is 5.73 Å². The Morgan fingerprint density at radius 2 is 2.05 bits per heavy atom. The van der Waals surface area contributed by atoms with Gasteiger partial charge in [-0.15, -0.1) is 0 Å². The summed E-state index contributed by atoms with van der Waals surface area (Å²) in [5.41, 5.74) is 6.25. The van der Waals surface area contributed by atoms with Gasteiger partial charge in [0.05, 0.1) is 0 Å². The Bertz CT molecular complexity index is 421. The van der Waals surface area contributed by atoms with E-state index < -0.39 is 12.1 Å². The van der Waals surface area contributed by atoms with Crippen molar-refractivity contribution in [2.45, 2.75) is 19.1 Å². The van der Waals surface area contributed by atoms with Gasteiger partial charge in [0, 0.05) is 12.2 Å². The number of nitrogens with one attached hydrogen (secondary N) is 2. The van der Waals surface area contributed by atoms with Gasteiger partial charge < -0.3 is 16.4 Å². The quantitative estimate of drug-likeness (QED) is 0.691. The number of hydrogen-bond donors (Lipinski definition) is 3. The highest BCUT2D eigenvalue weighted by molar-refractivity contribution is 5.94. The van der Waals surface area contributed by atoms with Crippen LogP contribution in [0.1, 0.15) is 12.0 Å². The van der Waals surface area contributed by atoms with E-state index in [9.17, 15) is 18.0 Å². The Labute approximate surface area is 109 Å². The Balaban J connectivity index is 2.55. The largest absolute Gasteiger partial charge is 0.471 e. The van der Waals surface area contributed by atoms with Crippen LogP contribution in [0.3, 0.4) is 0 Å². The standard InChI is InChI=1S/C12H16F3N3O/c13-12(14,15)11(19)18-10-4-1-3-9(7-10)8-17-6-2-5-16/h1,3-4,7,17H,2,5-6,8,16H2,(H,18,19). The van der Waals surface area contributed by atoms with Crippen LogP contribution in [-0.4, -0.2) is 25.2 Å². The third-order valence-corrected chi connectivity index (χ3v) is 2.33. The van der Waals surface area contributed by atoms with Gasteiger partial charge in [-0.25, -0.2) is 0 Å². The van der Waals surface area contributed by atoms with Gasteiger partial charge in [0.2, 0.25) is 0 Å². The third-order valence-electron chi connectivity index (χ3n) is 2.33. The molecule has 1 amide bonds. The van der Waals surface area contributed by atoms with Gasteiger partial charge in [-0.3, -0.25) is 4.79 Å². The molecule has 0 aromatic heterocycles. The summed E-state index contributed by atoms with van der Waals surface area (Å²) in [6.07, 6.45) is -4.06. The molecule has 0 unspecified atom stereocenters. The summed E-state index contributed by atoms with van der Waals surface area (Å²) in [6.45, 7) is 1.82. The first-order valence-corrected chi connectivity index (χ1v) is 5.81. The van der Waals surface area contributed by atoms with Crippen LogP contribution in [0.5, 0.6) is 0 Å². The lowest BCUT2D eigenvalue weighted by Crippen LogP contribution is -2.30. The molecule has 4 nitrogen and oxygen atoms in total. The Kier molecular flexibility index (Phi) is 5.78. The second-order valence-electron chi connectivity index (χ2n) is 3.97. The zero-order valence-electron chi connectivity index (χ0n) is 10.3. The number of anilines is 1. The van der Waals surface area contributed by atoms with Gasteiger partial charge >= 0.3 is 12.1 Å². The van der Waals surface area contributed by atoms with Crippen LogP contribution in [0, 0.1) is 0 Å². The van der Waals surface area contributed by atoms with E-state index in [1.807, 2.05) is 5.32 Å². The topological polar surface area (TPSA) is 67.2 Å². The van der Waals surface area contributed by atoms with E-state index in [1.165, 1.54) is 12.1 Å². The number of nitrogens with two attached hydrogens (primary N) is 1. The first-order valence-electron chi connectivity index (χ1n) is 5.81. The number of amides is 1. The highest BCUT2D eigenvalue weighted by Crippen LogP contribution is 2.18. The number of carbonyl (C=O) groups excluding carboxylic acids is 1. The van der Waals surface area contributed by atoms with Crippen molar-refractivity contribution in [3.05, 3.63) is 29.8 Å². The van der Waals surface area contributed by atoms with E-state index in [4.69, 9.17) is 5.73 Å². The molecule has 4 N–H and O–H groups in total. The smallest absolute Gasteiger partial charge is 0.330 e. The lowest BCUT2D eigenvalue weighted by molar-refractivity contribution is -0.167. The van der Waals surface area contributed by atoms with Crippen molar-refractivity contribution >= 4 is 11.6 Å². The molecule has 0 aliphatic carbocycles. The summed E-state index contributed by atoms with van der Waals surface area (Å²) in [6, 6.07) is 6.26. The molecular weight excluding hydrogens is 259 g/mol. The molecule has 0 radical (unpaired) electrons.